The lowest BCUT2D eigenvalue weighted by atomic mass is 10.1. The first-order valence-electron chi connectivity index (χ1n) is 18.9. The van der Waals surface area contributed by atoms with Gasteiger partial charge in [-0.25, -0.2) is 14.8 Å². The first kappa shape index (κ1) is 36.0. The van der Waals surface area contributed by atoms with Crippen molar-refractivity contribution >= 4 is 46.4 Å². The maximum Gasteiger partial charge on any atom is 0.315 e. The number of piperidine rings is 1. The molecule has 5 N–H and O–H groups in total. The molecule has 2 saturated heterocycles. The SMILES string of the molecule is CCc1cnn([C@H]2C[C@@H](n3cnc4c(NCCc5ccccc5)nc(N5CC[C@@H](NC(=O)NC6CCN(c7cccc(Cl)n7)CC6)C5)nc43)[C@H](O)[C@@H]2O)c1. The molecule has 3 fully saturated rings. The molecule has 284 valence electrons. The predicted molar refractivity (Wildman–Crippen MR) is 207 cm³/mol. The van der Waals surface area contributed by atoms with E-state index >= 15 is 0 Å². The van der Waals surface area contributed by atoms with Crippen LogP contribution in [0.4, 0.5) is 22.4 Å². The highest BCUT2D eigenvalue weighted by molar-refractivity contribution is 6.29. The van der Waals surface area contributed by atoms with Gasteiger partial charge in [0.1, 0.15) is 23.2 Å². The van der Waals surface area contributed by atoms with Gasteiger partial charge in [0.2, 0.25) is 5.95 Å². The standard InChI is InChI=1S/C38H47ClN12O3/c1-2-24-20-42-51(21-24)29-19-28(33(52)34(29)53)50-23-41-32-35(40-15-11-25-7-4-3-5-8-25)46-37(47-36(32)50)49-18-14-27(22-49)44-38(54)43-26-12-16-48(17-13-26)31-10-6-9-30(39)45-31/h3-10,20-21,23,26-29,33-34,52-53H,2,11-19,22H2,1H3,(H,40,46,47)(H2,43,44,54)/t27-,28-,29+,33+,34-/m1/s1. The van der Waals surface area contributed by atoms with Crippen LogP contribution in [0.2, 0.25) is 5.15 Å². The van der Waals surface area contributed by atoms with E-state index in [4.69, 9.17) is 26.6 Å². The number of rotatable bonds is 11. The summed E-state index contributed by atoms with van der Waals surface area (Å²) in [5, 5.41) is 37.3. The Hall–Kier alpha value is -4.99. The van der Waals surface area contributed by atoms with Gasteiger partial charge in [0.15, 0.2) is 17.0 Å². The van der Waals surface area contributed by atoms with Crippen molar-refractivity contribution in [3.63, 3.8) is 0 Å². The van der Waals surface area contributed by atoms with Crippen molar-refractivity contribution in [3.05, 3.63) is 83.5 Å². The van der Waals surface area contributed by atoms with Crippen LogP contribution in [0, 0.1) is 0 Å². The minimum atomic E-state index is -1.05. The number of benzene rings is 1. The Morgan fingerprint density at radius 3 is 2.43 bits per heavy atom. The fourth-order valence-electron chi connectivity index (χ4n) is 7.95. The van der Waals surface area contributed by atoms with E-state index in [1.807, 2.05) is 41.1 Å². The number of fused-ring (bicyclic) bond motifs is 1. The first-order valence-corrected chi connectivity index (χ1v) is 19.3. The normalized spacial score (nSPS) is 23.3. The summed E-state index contributed by atoms with van der Waals surface area (Å²) in [6.45, 7) is 5.46. The Balaban J connectivity index is 0.962. The second kappa shape index (κ2) is 15.8. The summed E-state index contributed by atoms with van der Waals surface area (Å²) < 4.78 is 3.63. The van der Waals surface area contributed by atoms with Crippen LogP contribution in [0.15, 0.2) is 67.3 Å². The van der Waals surface area contributed by atoms with Gasteiger partial charge >= 0.3 is 6.03 Å². The summed E-state index contributed by atoms with van der Waals surface area (Å²) in [4.78, 5) is 36.6. The molecule has 15 nitrogen and oxygen atoms in total. The van der Waals surface area contributed by atoms with Crippen molar-refractivity contribution in [1.82, 2.24) is 44.9 Å². The molecule has 5 aromatic rings. The van der Waals surface area contributed by atoms with E-state index in [1.165, 1.54) is 5.56 Å². The molecule has 2 aliphatic heterocycles. The van der Waals surface area contributed by atoms with Crippen LogP contribution in [0.5, 0.6) is 0 Å². The number of aromatic nitrogens is 7. The number of halogens is 1. The lowest BCUT2D eigenvalue weighted by molar-refractivity contribution is 0.00721. The zero-order chi connectivity index (χ0) is 37.2. The number of hydrogen-bond acceptors (Lipinski definition) is 11. The van der Waals surface area contributed by atoms with Crippen LogP contribution >= 0.6 is 11.6 Å². The molecule has 0 unspecified atom stereocenters. The lowest BCUT2D eigenvalue weighted by Gasteiger charge is -2.33. The van der Waals surface area contributed by atoms with Crippen molar-refractivity contribution in [2.24, 2.45) is 0 Å². The van der Waals surface area contributed by atoms with E-state index in [2.05, 4.69) is 54.9 Å². The number of hydrogen-bond donors (Lipinski definition) is 5. The summed E-state index contributed by atoms with van der Waals surface area (Å²) >= 11 is 6.09. The molecule has 1 saturated carbocycles. The fourth-order valence-corrected chi connectivity index (χ4v) is 8.11. The number of aliphatic hydroxyl groups is 2. The topological polar surface area (TPSA) is 174 Å². The van der Waals surface area contributed by atoms with Crippen LogP contribution in [0.1, 0.15) is 55.8 Å². The minimum absolute atomic E-state index is 0.0690. The number of nitrogens with zero attached hydrogens (tertiary/aromatic N) is 9. The number of amides is 2. The average Bonchev–Trinajstić information content (AvgIpc) is 4.00. The highest BCUT2D eigenvalue weighted by Gasteiger charge is 2.44. The smallest absolute Gasteiger partial charge is 0.315 e. The van der Waals surface area contributed by atoms with E-state index in [1.54, 1.807) is 23.3 Å². The summed E-state index contributed by atoms with van der Waals surface area (Å²) in [5.41, 5.74) is 3.44. The average molecular weight is 755 g/mol. The Labute approximate surface area is 318 Å². The molecule has 16 heteroatoms. The predicted octanol–water partition coefficient (Wildman–Crippen LogP) is 3.74. The molecule has 0 spiro atoms. The van der Waals surface area contributed by atoms with Gasteiger partial charge in [0, 0.05) is 51.0 Å². The van der Waals surface area contributed by atoms with Gasteiger partial charge in [0.25, 0.3) is 0 Å². The fraction of sp³-hybridized carbons (Fsp3) is 0.474. The quantitative estimate of drug-likeness (QED) is 0.124. The van der Waals surface area contributed by atoms with Crippen molar-refractivity contribution in [2.45, 2.75) is 81.8 Å². The molecule has 1 aliphatic carbocycles. The zero-order valence-electron chi connectivity index (χ0n) is 30.3. The lowest BCUT2D eigenvalue weighted by Crippen LogP contribution is -2.50. The number of pyridine rings is 1. The molecule has 8 rings (SSSR count). The summed E-state index contributed by atoms with van der Waals surface area (Å²) in [6, 6.07) is 14.8. The minimum Gasteiger partial charge on any atom is -0.388 e. The molecule has 54 heavy (non-hydrogen) atoms. The third-order valence-corrected chi connectivity index (χ3v) is 11.2. The Morgan fingerprint density at radius 2 is 1.65 bits per heavy atom. The van der Waals surface area contributed by atoms with E-state index in [9.17, 15) is 15.0 Å². The second-order valence-corrected chi connectivity index (χ2v) is 14.9. The third kappa shape index (κ3) is 7.66. The van der Waals surface area contributed by atoms with Gasteiger partial charge in [-0.1, -0.05) is 54.9 Å². The number of aryl methyl sites for hydroxylation is 1. The molecule has 6 heterocycles. The second-order valence-electron chi connectivity index (χ2n) is 14.5. The molecule has 0 bridgehead atoms. The first-order chi connectivity index (χ1) is 26.3. The Kier molecular flexibility index (Phi) is 10.5. The van der Waals surface area contributed by atoms with E-state index < -0.39 is 24.3 Å². The number of carbonyl (C=O) groups is 1. The van der Waals surface area contributed by atoms with Gasteiger partial charge in [-0.05, 0) is 61.8 Å². The number of imidazole rings is 1. The summed E-state index contributed by atoms with van der Waals surface area (Å²) in [7, 11) is 0. The van der Waals surface area contributed by atoms with Gasteiger partial charge in [-0.3, -0.25) is 4.68 Å². The van der Waals surface area contributed by atoms with Crippen LogP contribution < -0.4 is 25.8 Å². The number of anilines is 3. The van der Waals surface area contributed by atoms with Crippen molar-refractivity contribution in [3.8, 4) is 0 Å². The van der Waals surface area contributed by atoms with Crippen LogP contribution in [0.25, 0.3) is 11.2 Å². The summed E-state index contributed by atoms with van der Waals surface area (Å²) in [6.07, 6.45) is 7.82. The number of urea groups is 1. The molecule has 2 amide bonds. The number of nitrogens with one attached hydrogen (secondary N) is 3. The zero-order valence-corrected chi connectivity index (χ0v) is 31.1. The monoisotopic (exact) mass is 754 g/mol. The summed E-state index contributed by atoms with van der Waals surface area (Å²) in [5.74, 6) is 1.97. The van der Waals surface area contributed by atoms with Crippen molar-refractivity contribution in [2.75, 3.05) is 47.8 Å². The highest BCUT2D eigenvalue weighted by atomic mass is 35.5. The Morgan fingerprint density at radius 1 is 0.889 bits per heavy atom. The van der Waals surface area contributed by atoms with Gasteiger partial charge in [-0.2, -0.15) is 15.1 Å². The van der Waals surface area contributed by atoms with Crippen LogP contribution in [-0.2, 0) is 12.8 Å². The third-order valence-electron chi connectivity index (χ3n) is 11.0. The van der Waals surface area contributed by atoms with Crippen LogP contribution in [0.3, 0.4) is 0 Å². The van der Waals surface area contributed by atoms with E-state index in [0.29, 0.717) is 54.1 Å². The highest BCUT2D eigenvalue weighted by Crippen LogP contribution is 2.40. The molecule has 3 aliphatic rings. The van der Waals surface area contributed by atoms with Crippen molar-refractivity contribution < 1.29 is 15.0 Å². The Bertz CT molecular complexity index is 2050. The van der Waals surface area contributed by atoms with E-state index in [0.717, 1.165) is 56.6 Å². The van der Waals surface area contributed by atoms with Crippen molar-refractivity contribution in [1.29, 1.82) is 0 Å². The van der Waals surface area contributed by atoms with Gasteiger partial charge < -0.3 is 40.5 Å². The molecule has 4 aromatic heterocycles. The molecular formula is C38H47ClN12O3. The molecular weight excluding hydrogens is 708 g/mol. The maximum absolute atomic E-state index is 13.1. The van der Waals surface area contributed by atoms with Crippen LogP contribution in [-0.4, -0.2) is 108 Å². The largest absolute Gasteiger partial charge is 0.388 e. The molecule has 1 aromatic carbocycles. The number of carbonyl (C=O) groups excluding carboxylic acids is 1. The van der Waals surface area contributed by atoms with Gasteiger partial charge in [0.05, 0.1) is 24.6 Å². The van der Waals surface area contributed by atoms with E-state index in [-0.39, 0.29) is 18.1 Å². The molecule has 0 radical (unpaired) electrons. The number of aliphatic hydroxyl groups excluding tert-OH is 2. The maximum atomic E-state index is 13.1. The van der Waals surface area contributed by atoms with Gasteiger partial charge in [-0.15, -0.1) is 0 Å². The molecule has 5 atom stereocenters.